The Morgan fingerprint density at radius 1 is 0.683 bits per heavy atom. The van der Waals surface area contributed by atoms with Crippen molar-refractivity contribution in [2.24, 2.45) is 5.92 Å². The molecule has 0 saturated heterocycles. The van der Waals surface area contributed by atoms with Crippen LogP contribution in [0.4, 0.5) is 0 Å². The average molecular weight is 575 g/mol. The van der Waals surface area contributed by atoms with Crippen LogP contribution in [-0.4, -0.2) is 31.3 Å². The second-order valence-electron chi connectivity index (χ2n) is 11.3. The van der Waals surface area contributed by atoms with Gasteiger partial charge in [-0.3, -0.25) is 4.79 Å². The molecule has 1 atom stereocenters. The van der Waals surface area contributed by atoms with Gasteiger partial charge in [0, 0.05) is 6.08 Å². The fraction of sp³-hybridized carbons (Fsp3) is 0.714. The number of carbonyl (C=O) groups is 2. The van der Waals surface area contributed by atoms with E-state index in [1.807, 2.05) is 0 Å². The average Bonchev–Trinajstić information content (AvgIpc) is 2.97. The molecule has 0 fully saturated rings. The molecule has 0 bridgehead atoms. The molecule has 6 heteroatoms. The SMILES string of the molecule is CCCCCCCCCCCCC(CCCCCCCCCC)C(=O)OC(=O)/C=C\c1cc(OC)c(O)c(OC)c1. The summed E-state index contributed by atoms with van der Waals surface area (Å²) in [6.45, 7) is 4.48. The number of hydrogen-bond acceptors (Lipinski definition) is 6. The molecule has 1 aromatic carbocycles. The largest absolute Gasteiger partial charge is 0.502 e. The van der Waals surface area contributed by atoms with Crippen LogP contribution in [0.25, 0.3) is 6.08 Å². The molecule has 1 aromatic rings. The second kappa shape index (κ2) is 24.1. The molecular formula is C35H58O6. The molecule has 1 rings (SSSR count). The number of rotatable bonds is 25. The molecule has 6 nitrogen and oxygen atoms in total. The molecule has 234 valence electrons. The van der Waals surface area contributed by atoms with E-state index in [4.69, 9.17) is 14.2 Å². The number of phenols is 1. The number of hydrogen-bond donors (Lipinski definition) is 1. The minimum Gasteiger partial charge on any atom is -0.502 e. The Morgan fingerprint density at radius 2 is 1.07 bits per heavy atom. The number of benzene rings is 1. The molecule has 1 N–H and O–H groups in total. The predicted molar refractivity (Wildman–Crippen MR) is 169 cm³/mol. The summed E-state index contributed by atoms with van der Waals surface area (Å²) in [4.78, 5) is 25.5. The van der Waals surface area contributed by atoms with Crippen LogP contribution in [0.15, 0.2) is 18.2 Å². The quantitative estimate of drug-likeness (QED) is 0.0541. The van der Waals surface area contributed by atoms with Crippen LogP contribution in [-0.2, 0) is 14.3 Å². The highest BCUT2D eigenvalue weighted by atomic mass is 16.6. The smallest absolute Gasteiger partial charge is 0.338 e. The van der Waals surface area contributed by atoms with Crippen LogP contribution in [0.5, 0.6) is 17.2 Å². The van der Waals surface area contributed by atoms with Crippen molar-refractivity contribution in [2.75, 3.05) is 14.2 Å². The van der Waals surface area contributed by atoms with Gasteiger partial charge >= 0.3 is 11.9 Å². The summed E-state index contributed by atoms with van der Waals surface area (Å²) < 4.78 is 15.6. The zero-order chi connectivity index (χ0) is 30.1. The van der Waals surface area contributed by atoms with E-state index in [0.29, 0.717) is 5.56 Å². The van der Waals surface area contributed by atoms with Gasteiger partial charge in [0.1, 0.15) is 0 Å². The minimum absolute atomic E-state index is 0.110. The third-order valence-electron chi connectivity index (χ3n) is 7.76. The highest BCUT2D eigenvalue weighted by Crippen LogP contribution is 2.37. The molecule has 0 spiro atoms. The second-order valence-corrected chi connectivity index (χ2v) is 11.3. The Hall–Kier alpha value is -2.50. The fourth-order valence-corrected chi connectivity index (χ4v) is 5.17. The molecule has 0 aliphatic heterocycles. The first-order valence-electron chi connectivity index (χ1n) is 16.3. The van der Waals surface area contributed by atoms with Crippen molar-refractivity contribution in [2.45, 2.75) is 142 Å². The summed E-state index contributed by atoms with van der Waals surface area (Å²) in [6, 6.07) is 3.17. The molecule has 0 saturated carbocycles. The monoisotopic (exact) mass is 574 g/mol. The number of methoxy groups -OCH3 is 2. The third-order valence-corrected chi connectivity index (χ3v) is 7.76. The highest BCUT2D eigenvalue weighted by molar-refractivity contribution is 5.95. The van der Waals surface area contributed by atoms with Gasteiger partial charge in [0.2, 0.25) is 5.75 Å². The normalized spacial score (nSPS) is 12.0. The van der Waals surface area contributed by atoms with E-state index in [0.717, 1.165) is 38.5 Å². The minimum atomic E-state index is -0.690. The Labute approximate surface area is 250 Å². The van der Waals surface area contributed by atoms with Gasteiger partial charge in [0.15, 0.2) is 11.5 Å². The molecular weight excluding hydrogens is 516 g/mol. The van der Waals surface area contributed by atoms with Crippen molar-refractivity contribution in [1.82, 2.24) is 0 Å². The summed E-state index contributed by atoms with van der Waals surface area (Å²) in [7, 11) is 2.88. The van der Waals surface area contributed by atoms with E-state index in [-0.39, 0.29) is 23.2 Å². The molecule has 1 unspecified atom stereocenters. The zero-order valence-electron chi connectivity index (χ0n) is 26.5. The van der Waals surface area contributed by atoms with E-state index in [2.05, 4.69) is 13.8 Å². The van der Waals surface area contributed by atoms with E-state index in [1.165, 1.54) is 116 Å². The lowest BCUT2D eigenvalue weighted by Crippen LogP contribution is -2.20. The number of aromatic hydroxyl groups is 1. The van der Waals surface area contributed by atoms with E-state index in [1.54, 1.807) is 12.1 Å². The van der Waals surface area contributed by atoms with Gasteiger partial charge in [-0.2, -0.15) is 0 Å². The first-order chi connectivity index (χ1) is 20.0. The van der Waals surface area contributed by atoms with Crippen molar-refractivity contribution in [3.8, 4) is 17.2 Å². The van der Waals surface area contributed by atoms with Crippen molar-refractivity contribution in [3.05, 3.63) is 23.8 Å². The Bertz CT molecular complexity index is 837. The van der Waals surface area contributed by atoms with Gasteiger partial charge in [-0.05, 0) is 36.6 Å². The van der Waals surface area contributed by atoms with Gasteiger partial charge in [-0.15, -0.1) is 0 Å². The van der Waals surface area contributed by atoms with Crippen LogP contribution in [0.1, 0.15) is 148 Å². The van der Waals surface area contributed by atoms with E-state index < -0.39 is 11.9 Å². The lowest BCUT2D eigenvalue weighted by Gasteiger charge is -2.15. The number of esters is 2. The van der Waals surface area contributed by atoms with E-state index in [9.17, 15) is 14.7 Å². The number of unbranched alkanes of at least 4 members (excludes halogenated alkanes) is 16. The van der Waals surface area contributed by atoms with Crippen LogP contribution >= 0.6 is 0 Å². The predicted octanol–water partition coefficient (Wildman–Crippen LogP) is 9.95. The zero-order valence-corrected chi connectivity index (χ0v) is 26.5. The Kier molecular flexibility index (Phi) is 21.5. The Morgan fingerprint density at radius 3 is 1.46 bits per heavy atom. The first-order valence-corrected chi connectivity index (χ1v) is 16.3. The molecule has 0 aromatic heterocycles. The molecule has 0 aliphatic carbocycles. The van der Waals surface area contributed by atoms with Crippen LogP contribution in [0.3, 0.4) is 0 Å². The number of carbonyl (C=O) groups excluding carboxylic acids is 2. The van der Waals surface area contributed by atoms with Crippen LogP contribution in [0.2, 0.25) is 0 Å². The molecule has 41 heavy (non-hydrogen) atoms. The summed E-state index contributed by atoms with van der Waals surface area (Å²) in [6.07, 6.45) is 26.5. The van der Waals surface area contributed by atoms with E-state index >= 15 is 0 Å². The summed E-state index contributed by atoms with van der Waals surface area (Å²) in [5.74, 6) is -0.994. The topological polar surface area (TPSA) is 82.1 Å². The maximum atomic E-state index is 13.0. The fourth-order valence-electron chi connectivity index (χ4n) is 5.17. The third kappa shape index (κ3) is 17.1. The number of ether oxygens (including phenoxy) is 3. The lowest BCUT2D eigenvalue weighted by molar-refractivity contribution is -0.159. The van der Waals surface area contributed by atoms with Gasteiger partial charge in [0.05, 0.1) is 20.1 Å². The number of phenolic OH excluding ortho intramolecular Hbond substituents is 1. The van der Waals surface area contributed by atoms with Gasteiger partial charge in [0.25, 0.3) is 0 Å². The summed E-state index contributed by atoms with van der Waals surface area (Å²) in [5, 5.41) is 10.1. The van der Waals surface area contributed by atoms with Crippen molar-refractivity contribution in [3.63, 3.8) is 0 Å². The van der Waals surface area contributed by atoms with Crippen molar-refractivity contribution in [1.29, 1.82) is 0 Å². The highest BCUT2D eigenvalue weighted by Gasteiger charge is 2.21. The van der Waals surface area contributed by atoms with Gasteiger partial charge in [-0.1, -0.05) is 129 Å². The van der Waals surface area contributed by atoms with Crippen LogP contribution in [0, 0.1) is 5.92 Å². The lowest BCUT2D eigenvalue weighted by atomic mass is 9.94. The van der Waals surface area contributed by atoms with Crippen molar-refractivity contribution < 1.29 is 28.9 Å². The summed E-state index contributed by atoms with van der Waals surface area (Å²) >= 11 is 0. The standard InChI is InChI=1S/C35H58O6/c1-5-7-9-11-13-15-16-18-20-22-24-30(23-21-19-17-14-12-10-8-6-2)35(38)41-33(36)26-25-29-27-31(39-3)34(37)32(28-29)40-4/h25-28,30,37H,5-24H2,1-4H3/b26-25-. The maximum Gasteiger partial charge on any atom is 0.338 e. The molecule has 0 heterocycles. The molecule has 0 radical (unpaired) electrons. The maximum absolute atomic E-state index is 13.0. The van der Waals surface area contributed by atoms with Gasteiger partial charge in [-0.25, -0.2) is 4.79 Å². The summed E-state index contributed by atoms with van der Waals surface area (Å²) in [5.41, 5.74) is 0.585. The molecule has 0 aliphatic rings. The van der Waals surface area contributed by atoms with Crippen LogP contribution < -0.4 is 9.47 Å². The Balaban J connectivity index is 2.57. The van der Waals surface area contributed by atoms with Gasteiger partial charge < -0.3 is 19.3 Å². The molecule has 0 amide bonds. The first kappa shape index (κ1) is 36.5. The van der Waals surface area contributed by atoms with Crippen molar-refractivity contribution >= 4 is 18.0 Å².